The Labute approximate surface area is 114 Å². The van der Waals surface area contributed by atoms with E-state index in [9.17, 15) is 5.11 Å². The largest absolute Gasteiger partial charge is 0.396 e. The first kappa shape index (κ1) is 13.8. The number of nitrogens with two attached hydrogens (primary N) is 1. The summed E-state index contributed by atoms with van der Waals surface area (Å²) in [4.78, 5) is 2.37. The molecule has 0 spiro atoms. The molecule has 4 heteroatoms. The highest BCUT2D eigenvalue weighted by molar-refractivity contribution is 6.31. The van der Waals surface area contributed by atoms with Gasteiger partial charge in [0.25, 0.3) is 0 Å². The zero-order valence-corrected chi connectivity index (χ0v) is 11.4. The summed E-state index contributed by atoms with van der Waals surface area (Å²) in [6, 6.07) is 6.05. The minimum absolute atomic E-state index is 0.288. The summed E-state index contributed by atoms with van der Waals surface area (Å²) in [5.41, 5.74) is 7.80. The van der Waals surface area contributed by atoms with Crippen LogP contribution in [0.1, 0.15) is 24.0 Å². The lowest BCUT2D eigenvalue weighted by atomic mass is 9.98. The molecule has 0 saturated carbocycles. The molecule has 1 saturated heterocycles. The van der Waals surface area contributed by atoms with E-state index in [0.717, 1.165) is 48.6 Å². The van der Waals surface area contributed by atoms with E-state index in [0.29, 0.717) is 12.5 Å². The number of hydrogen-bond acceptors (Lipinski definition) is 3. The molecule has 3 N–H and O–H groups in total. The Morgan fingerprint density at radius 2 is 2.28 bits per heavy atom. The Bertz CT molecular complexity index is 397. The van der Waals surface area contributed by atoms with Crippen LogP contribution in [0.5, 0.6) is 0 Å². The molecule has 0 amide bonds. The molecule has 1 heterocycles. The maximum absolute atomic E-state index is 9.23. The summed E-state index contributed by atoms with van der Waals surface area (Å²) in [6.07, 6.45) is 2.29. The van der Waals surface area contributed by atoms with Gasteiger partial charge in [-0.15, -0.1) is 0 Å². The number of likely N-dealkylation sites (tertiary alicyclic amines) is 1. The highest BCUT2D eigenvalue weighted by Crippen LogP contribution is 2.23. The molecule has 1 fully saturated rings. The second kappa shape index (κ2) is 6.53. The van der Waals surface area contributed by atoms with Crippen LogP contribution in [0.25, 0.3) is 0 Å². The smallest absolute Gasteiger partial charge is 0.0471 e. The number of halogens is 1. The highest BCUT2D eigenvalue weighted by atomic mass is 35.5. The summed E-state index contributed by atoms with van der Waals surface area (Å²) in [5.74, 6) is 0.417. The van der Waals surface area contributed by atoms with Crippen LogP contribution in [0.3, 0.4) is 0 Å². The van der Waals surface area contributed by atoms with Crippen molar-refractivity contribution in [2.75, 3.05) is 19.7 Å². The van der Waals surface area contributed by atoms with Crippen molar-refractivity contribution in [1.29, 1.82) is 0 Å². The first-order valence-electron chi connectivity index (χ1n) is 6.53. The Balaban J connectivity index is 2.00. The minimum Gasteiger partial charge on any atom is -0.396 e. The van der Waals surface area contributed by atoms with Crippen molar-refractivity contribution < 1.29 is 5.11 Å². The summed E-state index contributed by atoms with van der Waals surface area (Å²) < 4.78 is 0. The summed E-state index contributed by atoms with van der Waals surface area (Å²) in [6.45, 7) is 3.73. The third-order valence-corrected chi connectivity index (χ3v) is 3.96. The molecular weight excluding hydrogens is 248 g/mol. The lowest BCUT2D eigenvalue weighted by Gasteiger charge is -2.32. The molecule has 0 aromatic heterocycles. The van der Waals surface area contributed by atoms with E-state index in [-0.39, 0.29) is 6.61 Å². The van der Waals surface area contributed by atoms with Gasteiger partial charge in [-0.25, -0.2) is 0 Å². The lowest BCUT2D eigenvalue weighted by Crippen LogP contribution is -2.36. The standard InChI is InChI=1S/C14H21ClN2O/c15-14-6-11(7-16)3-4-13(14)9-17-5-1-2-12(8-17)10-18/h3-4,6,12,18H,1-2,5,7-10,16H2. The number of aliphatic hydroxyl groups excluding tert-OH is 1. The van der Waals surface area contributed by atoms with Crippen LogP contribution in [-0.2, 0) is 13.1 Å². The lowest BCUT2D eigenvalue weighted by molar-refractivity contribution is 0.116. The number of benzene rings is 1. The maximum Gasteiger partial charge on any atom is 0.0471 e. The van der Waals surface area contributed by atoms with Crippen LogP contribution in [0.4, 0.5) is 0 Å². The van der Waals surface area contributed by atoms with Crippen molar-refractivity contribution in [3.63, 3.8) is 0 Å². The normalized spacial score (nSPS) is 21.2. The van der Waals surface area contributed by atoms with E-state index in [1.54, 1.807) is 0 Å². The third kappa shape index (κ3) is 3.45. The van der Waals surface area contributed by atoms with Crippen LogP contribution < -0.4 is 5.73 Å². The second-order valence-corrected chi connectivity index (χ2v) is 5.46. The summed E-state index contributed by atoms with van der Waals surface area (Å²) >= 11 is 6.27. The molecule has 18 heavy (non-hydrogen) atoms. The number of piperidine rings is 1. The van der Waals surface area contributed by atoms with Crippen LogP contribution >= 0.6 is 11.6 Å². The van der Waals surface area contributed by atoms with Crippen molar-refractivity contribution in [1.82, 2.24) is 4.90 Å². The van der Waals surface area contributed by atoms with E-state index in [2.05, 4.69) is 11.0 Å². The van der Waals surface area contributed by atoms with Gasteiger partial charge in [0.2, 0.25) is 0 Å². The maximum atomic E-state index is 9.23. The predicted octanol–water partition coefficient (Wildman–Crippen LogP) is 2.00. The Morgan fingerprint density at radius 3 is 2.94 bits per heavy atom. The molecule has 0 aliphatic carbocycles. The van der Waals surface area contributed by atoms with E-state index in [1.165, 1.54) is 0 Å². The summed E-state index contributed by atoms with van der Waals surface area (Å²) in [5, 5.41) is 10.0. The van der Waals surface area contributed by atoms with Gasteiger partial charge < -0.3 is 10.8 Å². The Morgan fingerprint density at radius 1 is 1.44 bits per heavy atom. The zero-order valence-electron chi connectivity index (χ0n) is 10.6. The summed E-state index contributed by atoms with van der Waals surface area (Å²) in [7, 11) is 0. The van der Waals surface area contributed by atoms with E-state index in [4.69, 9.17) is 17.3 Å². The van der Waals surface area contributed by atoms with Gasteiger partial charge in [-0.1, -0.05) is 23.7 Å². The SMILES string of the molecule is NCc1ccc(CN2CCCC(CO)C2)c(Cl)c1. The molecule has 1 aromatic rings. The molecule has 3 nitrogen and oxygen atoms in total. The average molecular weight is 269 g/mol. The first-order valence-corrected chi connectivity index (χ1v) is 6.91. The van der Waals surface area contributed by atoms with Gasteiger partial charge in [-0.05, 0) is 42.5 Å². The fourth-order valence-corrected chi connectivity index (χ4v) is 2.79. The zero-order chi connectivity index (χ0) is 13.0. The van der Waals surface area contributed by atoms with Gasteiger partial charge in [0.1, 0.15) is 0 Å². The van der Waals surface area contributed by atoms with Gasteiger partial charge in [-0.3, -0.25) is 4.90 Å². The van der Waals surface area contributed by atoms with Gasteiger partial charge in [-0.2, -0.15) is 0 Å². The molecule has 1 aromatic carbocycles. The number of hydrogen-bond donors (Lipinski definition) is 2. The topological polar surface area (TPSA) is 49.5 Å². The van der Waals surface area contributed by atoms with Gasteiger partial charge >= 0.3 is 0 Å². The predicted molar refractivity (Wildman–Crippen MR) is 74.4 cm³/mol. The van der Waals surface area contributed by atoms with Crippen molar-refractivity contribution >= 4 is 11.6 Å². The van der Waals surface area contributed by atoms with Crippen molar-refractivity contribution in [2.24, 2.45) is 11.7 Å². The third-order valence-electron chi connectivity index (χ3n) is 3.61. The minimum atomic E-state index is 0.288. The molecule has 1 aliphatic heterocycles. The van der Waals surface area contributed by atoms with E-state index >= 15 is 0 Å². The van der Waals surface area contributed by atoms with E-state index < -0.39 is 0 Å². The molecule has 1 unspecified atom stereocenters. The second-order valence-electron chi connectivity index (χ2n) is 5.06. The Kier molecular flexibility index (Phi) is 5.01. The van der Waals surface area contributed by atoms with Gasteiger partial charge in [0.15, 0.2) is 0 Å². The van der Waals surface area contributed by atoms with E-state index in [1.807, 2.05) is 12.1 Å². The van der Waals surface area contributed by atoms with Crippen molar-refractivity contribution in [3.05, 3.63) is 34.3 Å². The van der Waals surface area contributed by atoms with Crippen LogP contribution in [0.2, 0.25) is 5.02 Å². The molecule has 100 valence electrons. The fourth-order valence-electron chi connectivity index (χ4n) is 2.53. The molecule has 1 aliphatic rings. The monoisotopic (exact) mass is 268 g/mol. The number of aliphatic hydroxyl groups is 1. The van der Waals surface area contributed by atoms with Crippen LogP contribution in [0, 0.1) is 5.92 Å². The molecular formula is C14H21ClN2O. The highest BCUT2D eigenvalue weighted by Gasteiger charge is 2.19. The van der Waals surface area contributed by atoms with Crippen molar-refractivity contribution in [3.8, 4) is 0 Å². The van der Waals surface area contributed by atoms with Crippen LogP contribution in [0.15, 0.2) is 18.2 Å². The molecule has 1 atom stereocenters. The first-order chi connectivity index (χ1) is 8.72. The average Bonchev–Trinajstić information content (AvgIpc) is 2.41. The van der Waals surface area contributed by atoms with Gasteiger partial charge in [0.05, 0.1) is 0 Å². The fraction of sp³-hybridized carbons (Fsp3) is 0.571. The molecule has 2 rings (SSSR count). The molecule has 0 radical (unpaired) electrons. The Hall–Kier alpha value is -0.610. The van der Waals surface area contributed by atoms with Crippen LogP contribution in [-0.4, -0.2) is 29.7 Å². The quantitative estimate of drug-likeness (QED) is 0.878. The molecule has 0 bridgehead atoms. The van der Waals surface area contributed by atoms with Gasteiger partial charge in [0, 0.05) is 31.3 Å². The number of rotatable bonds is 4. The van der Waals surface area contributed by atoms with Crippen molar-refractivity contribution in [2.45, 2.75) is 25.9 Å². The number of nitrogens with zero attached hydrogens (tertiary/aromatic N) is 1.